The zero-order valence-corrected chi connectivity index (χ0v) is 5.67. The van der Waals surface area contributed by atoms with Crippen LogP contribution in [0.2, 0.25) is 0 Å². The Morgan fingerprint density at radius 1 is 1.33 bits per heavy atom. The molecule has 0 aliphatic heterocycles. The van der Waals surface area contributed by atoms with Crippen LogP contribution in [0.25, 0.3) is 0 Å². The lowest BCUT2D eigenvalue weighted by molar-refractivity contribution is -0.276. The summed E-state index contributed by atoms with van der Waals surface area (Å²) in [7, 11) is 0. The third-order valence-electron chi connectivity index (χ3n) is 0.851. The van der Waals surface area contributed by atoms with E-state index in [1.54, 1.807) is 0 Å². The summed E-state index contributed by atoms with van der Waals surface area (Å²) in [5.41, 5.74) is 5.06. The molecular weight excluding hydrogens is 175 g/mol. The quantitative estimate of drug-likeness (QED) is 0.697. The monoisotopic (exact) mass is 179 g/mol. The summed E-state index contributed by atoms with van der Waals surface area (Å²) in [5, 5.41) is 0. The first-order valence-electron chi connectivity index (χ1n) is 2.80. The second kappa shape index (κ2) is 2.84. The van der Waals surface area contributed by atoms with E-state index in [2.05, 4.69) is 14.7 Å². The number of nitrogen functional groups attached to an aromatic ring is 1. The summed E-state index contributed by atoms with van der Waals surface area (Å²) in [6.07, 6.45) is -2.82. The van der Waals surface area contributed by atoms with Crippen molar-refractivity contribution in [2.75, 3.05) is 5.73 Å². The largest absolute Gasteiger partial charge is 0.574 e. The van der Waals surface area contributed by atoms with Gasteiger partial charge in [-0.3, -0.25) is 4.98 Å². The van der Waals surface area contributed by atoms with E-state index >= 15 is 0 Å². The Hall–Kier alpha value is -1.53. The molecule has 1 rings (SSSR count). The number of nitrogens with two attached hydrogens (primary N) is 1. The summed E-state index contributed by atoms with van der Waals surface area (Å²) < 4.78 is 38.1. The van der Waals surface area contributed by atoms with E-state index in [1.165, 1.54) is 0 Å². The molecule has 1 aromatic heterocycles. The molecule has 66 valence electrons. The lowest BCUT2D eigenvalue weighted by Gasteiger charge is -2.06. The average Bonchev–Trinajstić information content (AvgIpc) is 1.82. The highest BCUT2D eigenvalue weighted by atomic mass is 19.4. The van der Waals surface area contributed by atoms with E-state index < -0.39 is 12.2 Å². The van der Waals surface area contributed by atoms with Gasteiger partial charge in [0.25, 0.3) is 0 Å². The number of nitrogens with zero attached hydrogens (tertiary/aromatic N) is 2. The van der Waals surface area contributed by atoms with E-state index in [0.717, 1.165) is 12.4 Å². The minimum atomic E-state index is -4.76. The van der Waals surface area contributed by atoms with Gasteiger partial charge in [-0.05, 0) is 0 Å². The number of aromatic nitrogens is 2. The second-order valence-corrected chi connectivity index (χ2v) is 1.83. The zero-order chi connectivity index (χ0) is 9.19. The van der Waals surface area contributed by atoms with Crippen LogP contribution in [-0.4, -0.2) is 16.3 Å². The van der Waals surface area contributed by atoms with Gasteiger partial charge in [0.05, 0.1) is 12.4 Å². The lowest BCUT2D eigenvalue weighted by atomic mass is 10.7. The number of alkyl halides is 3. The molecule has 1 heterocycles. The summed E-state index contributed by atoms with van der Waals surface area (Å²) >= 11 is 0. The number of anilines is 1. The topological polar surface area (TPSA) is 61.0 Å². The lowest BCUT2D eigenvalue weighted by Crippen LogP contribution is -2.18. The van der Waals surface area contributed by atoms with Crippen LogP contribution < -0.4 is 10.5 Å². The molecule has 7 heteroatoms. The molecule has 0 aliphatic rings. The van der Waals surface area contributed by atoms with Gasteiger partial charge in [-0.15, -0.1) is 13.2 Å². The normalized spacial score (nSPS) is 11.2. The van der Waals surface area contributed by atoms with E-state index in [-0.39, 0.29) is 5.82 Å². The van der Waals surface area contributed by atoms with Gasteiger partial charge in [0, 0.05) is 0 Å². The predicted octanol–water partition coefficient (Wildman–Crippen LogP) is 0.957. The van der Waals surface area contributed by atoms with Gasteiger partial charge >= 0.3 is 6.36 Å². The number of hydrogen-bond acceptors (Lipinski definition) is 4. The van der Waals surface area contributed by atoms with Gasteiger partial charge in [0.2, 0.25) is 5.88 Å². The van der Waals surface area contributed by atoms with E-state index in [1.807, 2.05) is 0 Å². The van der Waals surface area contributed by atoms with Crippen LogP contribution in [0.5, 0.6) is 5.88 Å². The molecule has 0 atom stereocenters. The second-order valence-electron chi connectivity index (χ2n) is 1.83. The Morgan fingerprint density at radius 3 is 2.50 bits per heavy atom. The Bertz CT molecular complexity index is 275. The van der Waals surface area contributed by atoms with Crippen LogP contribution in [0.15, 0.2) is 12.4 Å². The number of halogens is 3. The number of rotatable bonds is 1. The summed E-state index contributed by atoms with van der Waals surface area (Å²) in [5.74, 6) is -0.792. The van der Waals surface area contributed by atoms with E-state index in [9.17, 15) is 13.2 Å². The van der Waals surface area contributed by atoms with Crippen LogP contribution in [0.1, 0.15) is 0 Å². The molecule has 0 saturated heterocycles. The maximum atomic E-state index is 11.5. The first kappa shape index (κ1) is 8.57. The predicted molar refractivity (Wildman–Crippen MR) is 33.1 cm³/mol. The van der Waals surface area contributed by atoms with Crippen LogP contribution in [-0.2, 0) is 0 Å². The molecule has 2 N–H and O–H groups in total. The molecule has 0 spiro atoms. The molecule has 0 saturated carbocycles. The molecule has 0 radical (unpaired) electrons. The highest BCUT2D eigenvalue weighted by Gasteiger charge is 2.31. The molecule has 12 heavy (non-hydrogen) atoms. The van der Waals surface area contributed by atoms with Crippen molar-refractivity contribution in [3.05, 3.63) is 12.4 Å². The maximum absolute atomic E-state index is 11.5. The van der Waals surface area contributed by atoms with Crippen LogP contribution in [0.3, 0.4) is 0 Å². The standard InChI is InChI=1S/C5H4F3N3O/c6-5(7,8)12-4-2-10-1-3(9)11-4/h1-2H,(H2,9,11). The molecular formula is C5H4F3N3O. The third kappa shape index (κ3) is 2.60. The van der Waals surface area contributed by atoms with Crippen molar-refractivity contribution in [1.29, 1.82) is 0 Å². The third-order valence-corrected chi connectivity index (χ3v) is 0.851. The van der Waals surface area contributed by atoms with Gasteiger partial charge in [0.1, 0.15) is 5.82 Å². The molecule has 0 aliphatic carbocycles. The van der Waals surface area contributed by atoms with Crippen molar-refractivity contribution >= 4 is 5.82 Å². The fourth-order valence-electron chi connectivity index (χ4n) is 0.530. The first-order chi connectivity index (χ1) is 5.47. The zero-order valence-electron chi connectivity index (χ0n) is 5.67. The van der Waals surface area contributed by atoms with Crippen LogP contribution in [0.4, 0.5) is 19.0 Å². The average molecular weight is 179 g/mol. The highest BCUT2D eigenvalue weighted by molar-refractivity contribution is 5.25. The first-order valence-corrected chi connectivity index (χ1v) is 2.80. The van der Waals surface area contributed by atoms with Crippen molar-refractivity contribution < 1.29 is 17.9 Å². The van der Waals surface area contributed by atoms with Crippen LogP contribution >= 0.6 is 0 Å². The summed E-state index contributed by atoms with van der Waals surface area (Å²) in [4.78, 5) is 6.59. The minimum absolute atomic E-state index is 0.128. The Morgan fingerprint density at radius 2 is 2.00 bits per heavy atom. The summed E-state index contributed by atoms with van der Waals surface area (Å²) in [6.45, 7) is 0. The summed E-state index contributed by atoms with van der Waals surface area (Å²) in [6, 6.07) is 0. The fraction of sp³-hybridized carbons (Fsp3) is 0.200. The number of ether oxygens (including phenoxy) is 1. The molecule has 0 aromatic carbocycles. The van der Waals surface area contributed by atoms with Gasteiger partial charge in [0.15, 0.2) is 0 Å². The van der Waals surface area contributed by atoms with E-state index in [0.29, 0.717) is 0 Å². The van der Waals surface area contributed by atoms with Crippen molar-refractivity contribution in [3.63, 3.8) is 0 Å². The Kier molecular flexibility index (Phi) is 2.03. The smallest absolute Gasteiger partial charge is 0.386 e. The Labute approximate surface area is 65.2 Å². The van der Waals surface area contributed by atoms with Crippen molar-refractivity contribution in [2.24, 2.45) is 0 Å². The van der Waals surface area contributed by atoms with Gasteiger partial charge in [-0.2, -0.15) is 4.98 Å². The van der Waals surface area contributed by atoms with Gasteiger partial charge < -0.3 is 10.5 Å². The maximum Gasteiger partial charge on any atom is 0.574 e. The molecule has 0 amide bonds. The highest BCUT2D eigenvalue weighted by Crippen LogP contribution is 2.19. The van der Waals surface area contributed by atoms with E-state index in [4.69, 9.17) is 5.73 Å². The molecule has 1 aromatic rings. The molecule has 4 nitrogen and oxygen atoms in total. The molecule has 0 fully saturated rings. The Balaban J connectivity index is 2.77. The SMILES string of the molecule is Nc1cncc(OC(F)(F)F)n1. The van der Waals surface area contributed by atoms with Gasteiger partial charge in [-0.1, -0.05) is 0 Å². The molecule has 0 bridgehead atoms. The van der Waals surface area contributed by atoms with Crippen molar-refractivity contribution in [1.82, 2.24) is 9.97 Å². The van der Waals surface area contributed by atoms with Gasteiger partial charge in [-0.25, -0.2) is 0 Å². The number of hydrogen-bond donors (Lipinski definition) is 1. The fourth-order valence-corrected chi connectivity index (χ4v) is 0.530. The van der Waals surface area contributed by atoms with Crippen molar-refractivity contribution in [2.45, 2.75) is 6.36 Å². The molecule has 0 unspecified atom stereocenters. The minimum Gasteiger partial charge on any atom is -0.386 e. The van der Waals surface area contributed by atoms with Crippen LogP contribution in [0, 0.1) is 0 Å². The van der Waals surface area contributed by atoms with Crippen molar-refractivity contribution in [3.8, 4) is 5.88 Å².